The third kappa shape index (κ3) is 2.44. The fourth-order valence-corrected chi connectivity index (χ4v) is 3.01. The van der Waals surface area contributed by atoms with Crippen LogP contribution in [0.3, 0.4) is 0 Å². The number of hydrogen-bond donors (Lipinski definition) is 1. The van der Waals surface area contributed by atoms with Gasteiger partial charge in [0, 0.05) is 13.2 Å². The normalized spacial score (nSPS) is 17.6. The first kappa shape index (κ1) is 13.2. The van der Waals surface area contributed by atoms with Crippen LogP contribution in [-0.4, -0.2) is 29.3 Å². The summed E-state index contributed by atoms with van der Waals surface area (Å²) in [6.07, 6.45) is 1.36. The molecule has 0 saturated carbocycles. The minimum atomic E-state index is -0.537. The Bertz CT molecular complexity index is 565. The second-order valence-electron chi connectivity index (χ2n) is 4.76. The van der Waals surface area contributed by atoms with Gasteiger partial charge in [-0.05, 0) is 18.4 Å². The van der Waals surface area contributed by atoms with E-state index in [9.17, 15) is 4.79 Å². The molecule has 2 aromatic rings. The first-order valence-corrected chi connectivity index (χ1v) is 7.40. The lowest BCUT2D eigenvalue weighted by molar-refractivity contribution is -0.125. The number of carbonyl (C=O) groups is 1. The van der Waals surface area contributed by atoms with E-state index in [2.05, 4.69) is 15.5 Å². The fourth-order valence-electron chi connectivity index (χ4n) is 2.57. The zero-order valence-electron chi connectivity index (χ0n) is 10.9. The van der Waals surface area contributed by atoms with Crippen LogP contribution in [0.2, 0.25) is 0 Å². The van der Waals surface area contributed by atoms with Crippen molar-refractivity contribution in [1.82, 2.24) is 10.2 Å². The van der Waals surface area contributed by atoms with Crippen molar-refractivity contribution in [2.24, 2.45) is 0 Å². The standard InChI is InChI=1S/C14H15N3O2S/c18-12(16-13-17-15-10-20-13)14(6-8-19-9-7-14)11-4-2-1-3-5-11/h1-5,10H,6-9H2,(H,16,17,18). The lowest BCUT2D eigenvalue weighted by atomic mass is 9.73. The maximum Gasteiger partial charge on any atom is 0.237 e. The Balaban J connectivity index is 1.91. The molecule has 0 aliphatic carbocycles. The van der Waals surface area contributed by atoms with Gasteiger partial charge < -0.3 is 4.74 Å². The number of nitrogens with zero attached hydrogens (tertiary/aromatic N) is 2. The van der Waals surface area contributed by atoms with Crippen LogP contribution in [0.15, 0.2) is 35.8 Å². The van der Waals surface area contributed by atoms with Crippen molar-refractivity contribution in [3.8, 4) is 0 Å². The van der Waals surface area contributed by atoms with E-state index in [1.165, 1.54) is 11.3 Å². The Kier molecular flexibility index (Phi) is 3.75. The summed E-state index contributed by atoms with van der Waals surface area (Å²) in [7, 11) is 0. The molecule has 0 radical (unpaired) electrons. The van der Waals surface area contributed by atoms with E-state index in [1.54, 1.807) is 5.51 Å². The van der Waals surface area contributed by atoms with E-state index in [-0.39, 0.29) is 5.91 Å². The largest absolute Gasteiger partial charge is 0.381 e. The average molecular weight is 289 g/mol. The summed E-state index contributed by atoms with van der Waals surface area (Å²) in [5.41, 5.74) is 2.10. The van der Waals surface area contributed by atoms with Gasteiger partial charge in [-0.15, -0.1) is 10.2 Å². The van der Waals surface area contributed by atoms with Crippen LogP contribution in [0.1, 0.15) is 18.4 Å². The number of nitrogens with one attached hydrogen (secondary N) is 1. The van der Waals surface area contributed by atoms with Gasteiger partial charge in [0.1, 0.15) is 5.51 Å². The lowest BCUT2D eigenvalue weighted by Gasteiger charge is -2.35. The van der Waals surface area contributed by atoms with E-state index < -0.39 is 5.41 Å². The molecule has 6 heteroatoms. The molecule has 20 heavy (non-hydrogen) atoms. The first-order chi connectivity index (χ1) is 9.81. The summed E-state index contributed by atoms with van der Waals surface area (Å²) in [4.78, 5) is 12.8. The summed E-state index contributed by atoms with van der Waals surface area (Å²) in [6.45, 7) is 1.19. The van der Waals surface area contributed by atoms with Gasteiger partial charge in [-0.1, -0.05) is 41.7 Å². The third-order valence-corrected chi connectivity index (χ3v) is 4.29. The molecule has 0 bridgehead atoms. The molecule has 5 nitrogen and oxygen atoms in total. The molecule has 3 rings (SSSR count). The maximum atomic E-state index is 12.8. The van der Waals surface area contributed by atoms with Crippen molar-refractivity contribution in [3.05, 3.63) is 41.4 Å². The van der Waals surface area contributed by atoms with Gasteiger partial charge in [0.05, 0.1) is 5.41 Å². The minimum Gasteiger partial charge on any atom is -0.381 e. The van der Waals surface area contributed by atoms with Gasteiger partial charge in [0.2, 0.25) is 11.0 Å². The van der Waals surface area contributed by atoms with Crippen LogP contribution in [0.25, 0.3) is 0 Å². The van der Waals surface area contributed by atoms with Gasteiger partial charge in [-0.3, -0.25) is 10.1 Å². The van der Waals surface area contributed by atoms with Crippen molar-refractivity contribution < 1.29 is 9.53 Å². The first-order valence-electron chi connectivity index (χ1n) is 6.52. The van der Waals surface area contributed by atoms with Gasteiger partial charge >= 0.3 is 0 Å². The Morgan fingerprint density at radius 2 is 2.00 bits per heavy atom. The molecule has 104 valence electrons. The molecule has 1 saturated heterocycles. The molecule has 1 N–H and O–H groups in total. The summed E-state index contributed by atoms with van der Waals surface area (Å²) < 4.78 is 5.43. The summed E-state index contributed by atoms with van der Waals surface area (Å²) in [6, 6.07) is 9.89. The second kappa shape index (κ2) is 5.68. The number of hydrogen-bond acceptors (Lipinski definition) is 5. The van der Waals surface area contributed by atoms with Gasteiger partial charge in [0.15, 0.2) is 0 Å². The number of benzene rings is 1. The van der Waals surface area contributed by atoms with Gasteiger partial charge in [-0.2, -0.15) is 0 Å². The van der Waals surface area contributed by atoms with E-state index in [1.807, 2.05) is 30.3 Å². The van der Waals surface area contributed by atoms with E-state index in [4.69, 9.17) is 4.74 Å². The molecule has 0 unspecified atom stereocenters. The summed E-state index contributed by atoms with van der Waals surface area (Å²) in [5.74, 6) is -0.0243. The molecule has 1 aliphatic rings. The number of ether oxygens (including phenoxy) is 1. The van der Waals surface area contributed by atoms with Crippen LogP contribution >= 0.6 is 11.3 Å². The molecule has 1 aromatic carbocycles. The Labute approximate surface area is 121 Å². The van der Waals surface area contributed by atoms with Gasteiger partial charge in [-0.25, -0.2) is 0 Å². The number of anilines is 1. The highest BCUT2D eigenvalue weighted by Gasteiger charge is 2.41. The predicted molar refractivity (Wildman–Crippen MR) is 76.7 cm³/mol. The maximum absolute atomic E-state index is 12.8. The van der Waals surface area contributed by atoms with E-state index >= 15 is 0 Å². The molecular weight excluding hydrogens is 274 g/mol. The highest BCUT2D eigenvalue weighted by molar-refractivity contribution is 7.13. The quantitative estimate of drug-likeness (QED) is 0.941. The van der Waals surface area contributed by atoms with Crippen molar-refractivity contribution >= 4 is 22.4 Å². The zero-order valence-corrected chi connectivity index (χ0v) is 11.7. The molecular formula is C14H15N3O2S. The highest BCUT2D eigenvalue weighted by Crippen LogP contribution is 2.36. The average Bonchev–Trinajstić information content (AvgIpc) is 3.02. The summed E-state index contributed by atoms with van der Waals surface area (Å²) in [5, 5.41) is 11.0. The monoisotopic (exact) mass is 289 g/mol. The van der Waals surface area contributed by atoms with E-state index in [0.29, 0.717) is 31.2 Å². The van der Waals surface area contributed by atoms with Crippen molar-refractivity contribution in [2.75, 3.05) is 18.5 Å². The molecule has 1 fully saturated rings. The van der Waals surface area contributed by atoms with Crippen LogP contribution < -0.4 is 5.32 Å². The molecule has 1 aromatic heterocycles. The Morgan fingerprint density at radius 1 is 1.25 bits per heavy atom. The van der Waals surface area contributed by atoms with Gasteiger partial charge in [0.25, 0.3) is 0 Å². The van der Waals surface area contributed by atoms with Crippen LogP contribution in [0.5, 0.6) is 0 Å². The topological polar surface area (TPSA) is 64.1 Å². The van der Waals surface area contributed by atoms with Crippen molar-refractivity contribution in [3.63, 3.8) is 0 Å². The van der Waals surface area contributed by atoms with E-state index in [0.717, 1.165) is 5.56 Å². The minimum absolute atomic E-state index is 0.0243. The molecule has 1 amide bonds. The highest BCUT2D eigenvalue weighted by atomic mass is 32.1. The molecule has 0 spiro atoms. The number of aromatic nitrogens is 2. The SMILES string of the molecule is O=C(Nc1nncs1)C1(c2ccccc2)CCOCC1. The van der Waals surface area contributed by atoms with Crippen LogP contribution in [0, 0.1) is 0 Å². The fraction of sp³-hybridized carbons (Fsp3) is 0.357. The number of rotatable bonds is 3. The van der Waals surface area contributed by atoms with Crippen LogP contribution in [0.4, 0.5) is 5.13 Å². The summed E-state index contributed by atoms with van der Waals surface area (Å²) >= 11 is 1.32. The van der Waals surface area contributed by atoms with Crippen molar-refractivity contribution in [1.29, 1.82) is 0 Å². The molecule has 2 heterocycles. The Hall–Kier alpha value is -1.79. The zero-order chi connectivity index (χ0) is 13.8. The number of carbonyl (C=O) groups excluding carboxylic acids is 1. The number of amides is 1. The molecule has 1 aliphatic heterocycles. The Morgan fingerprint density at radius 3 is 2.65 bits per heavy atom. The molecule has 0 atom stereocenters. The predicted octanol–water partition coefficient (Wildman–Crippen LogP) is 2.22. The van der Waals surface area contributed by atoms with Crippen molar-refractivity contribution in [2.45, 2.75) is 18.3 Å². The second-order valence-corrected chi connectivity index (χ2v) is 5.59. The third-order valence-electron chi connectivity index (χ3n) is 3.69. The van der Waals surface area contributed by atoms with Crippen LogP contribution in [-0.2, 0) is 14.9 Å². The lowest BCUT2D eigenvalue weighted by Crippen LogP contribution is -2.44. The smallest absolute Gasteiger partial charge is 0.237 e.